The van der Waals surface area contributed by atoms with E-state index in [9.17, 15) is 0 Å². The first-order chi connectivity index (χ1) is 7.06. The lowest BCUT2D eigenvalue weighted by molar-refractivity contribution is 0.337. The lowest BCUT2D eigenvalue weighted by Crippen LogP contribution is -2.14. The highest BCUT2D eigenvalue weighted by Crippen LogP contribution is 2.27. The van der Waals surface area contributed by atoms with E-state index in [4.69, 9.17) is 4.74 Å². The van der Waals surface area contributed by atoms with Gasteiger partial charge in [-0.2, -0.15) is 12.6 Å². The van der Waals surface area contributed by atoms with Gasteiger partial charge >= 0.3 is 0 Å². The maximum atomic E-state index is 5.49. The fraction of sp³-hybridized carbons (Fsp3) is 0.500. The summed E-state index contributed by atoms with van der Waals surface area (Å²) >= 11 is 4.53. The van der Waals surface area contributed by atoms with E-state index >= 15 is 0 Å². The third-order valence-electron chi connectivity index (χ3n) is 2.29. The van der Waals surface area contributed by atoms with E-state index in [1.807, 2.05) is 27.1 Å². The molecular weight excluding hydrogens is 206 g/mol. The molecule has 1 atom stereocenters. The van der Waals surface area contributed by atoms with E-state index in [0.717, 1.165) is 11.3 Å². The number of rotatable bonds is 4. The van der Waals surface area contributed by atoms with Crippen molar-refractivity contribution >= 4 is 12.6 Å². The highest BCUT2D eigenvalue weighted by atomic mass is 32.1. The normalized spacial score (nSPS) is 12.9. The van der Waals surface area contributed by atoms with Gasteiger partial charge in [-0.3, -0.25) is 4.90 Å². The fourth-order valence-corrected chi connectivity index (χ4v) is 1.61. The largest absolute Gasteiger partial charge is 0.494 e. The maximum absolute atomic E-state index is 5.49. The van der Waals surface area contributed by atoms with Crippen LogP contribution in [0.4, 0.5) is 0 Å². The number of benzene rings is 1. The van der Waals surface area contributed by atoms with Crippen molar-refractivity contribution in [3.05, 3.63) is 29.3 Å². The summed E-state index contributed by atoms with van der Waals surface area (Å²) in [5, 5.41) is 0.138. The van der Waals surface area contributed by atoms with Crippen LogP contribution in [0.25, 0.3) is 0 Å². The topological polar surface area (TPSA) is 12.5 Å². The molecule has 1 aromatic carbocycles. The summed E-state index contributed by atoms with van der Waals surface area (Å²) in [4.78, 5) is 2.07. The number of aryl methyl sites for hydroxylation is 1. The van der Waals surface area contributed by atoms with Crippen LogP contribution >= 0.6 is 12.6 Å². The molecule has 0 aliphatic carbocycles. The molecule has 0 bridgehead atoms. The van der Waals surface area contributed by atoms with Crippen LogP contribution in [0.15, 0.2) is 18.2 Å². The molecule has 0 fully saturated rings. The Hall–Kier alpha value is -0.670. The third-order valence-corrected chi connectivity index (χ3v) is 3.05. The van der Waals surface area contributed by atoms with Gasteiger partial charge < -0.3 is 4.74 Å². The minimum atomic E-state index is 0.138. The van der Waals surface area contributed by atoms with Crippen molar-refractivity contribution in [2.75, 3.05) is 20.7 Å². The molecule has 15 heavy (non-hydrogen) atoms. The SMILES string of the molecule is CCOc1ccc(C(S)N(C)C)cc1C. The number of hydrogen-bond acceptors (Lipinski definition) is 3. The molecule has 1 rings (SSSR count). The monoisotopic (exact) mass is 225 g/mol. The summed E-state index contributed by atoms with van der Waals surface area (Å²) in [6.07, 6.45) is 0. The molecule has 0 heterocycles. The van der Waals surface area contributed by atoms with Crippen LogP contribution in [-0.2, 0) is 0 Å². The molecule has 0 amide bonds. The van der Waals surface area contributed by atoms with Gasteiger partial charge in [-0.15, -0.1) is 0 Å². The van der Waals surface area contributed by atoms with Crippen LogP contribution in [0.2, 0.25) is 0 Å². The van der Waals surface area contributed by atoms with E-state index in [-0.39, 0.29) is 5.37 Å². The highest BCUT2D eigenvalue weighted by molar-refractivity contribution is 7.80. The lowest BCUT2D eigenvalue weighted by atomic mass is 10.1. The van der Waals surface area contributed by atoms with Gasteiger partial charge in [0.25, 0.3) is 0 Å². The summed E-state index contributed by atoms with van der Waals surface area (Å²) in [7, 11) is 4.03. The van der Waals surface area contributed by atoms with Crippen molar-refractivity contribution < 1.29 is 4.74 Å². The van der Waals surface area contributed by atoms with Crippen molar-refractivity contribution in [3.63, 3.8) is 0 Å². The van der Waals surface area contributed by atoms with E-state index in [2.05, 4.69) is 36.6 Å². The Morgan fingerprint density at radius 1 is 1.40 bits per heavy atom. The molecule has 0 spiro atoms. The highest BCUT2D eigenvalue weighted by Gasteiger charge is 2.10. The average Bonchev–Trinajstić information content (AvgIpc) is 2.20. The quantitative estimate of drug-likeness (QED) is 0.625. The predicted octanol–water partition coefficient (Wildman–Crippen LogP) is 2.88. The van der Waals surface area contributed by atoms with E-state index in [0.29, 0.717) is 6.61 Å². The minimum absolute atomic E-state index is 0.138. The Labute approximate surface area is 97.6 Å². The second-order valence-electron chi connectivity index (χ2n) is 3.80. The molecule has 1 unspecified atom stereocenters. The Balaban J connectivity index is 2.90. The van der Waals surface area contributed by atoms with E-state index in [1.54, 1.807) is 0 Å². The van der Waals surface area contributed by atoms with Crippen molar-refractivity contribution in [1.82, 2.24) is 4.90 Å². The zero-order valence-corrected chi connectivity index (χ0v) is 10.7. The molecule has 0 saturated carbocycles. The van der Waals surface area contributed by atoms with Crippen LogP contribution in [-0.4, -0.2) is 25.6 Å². The summed E-state index contributed by atoms with van der Waals surface area (Å²) in [5.74, 6) is 0.959. The molecule has 84 valence electrons. The first kappa shape index (κ1) is 12.4. The molecule has 1 aromatic rings. The van der Waals surface area contributed by atoms with Gasteiger partial charge in [0.1, 0.15) is 5.75 Å². The van der Waals surface area contributed by atoms with Gasteiger partial charge in [0.15, 0.2) is 0 Å². The Morgan fingerprint density at radius 2 is 2.07 bits per heavy atom. The number of thiol groups is 1. The van der Waals surface area contributed by atoms with Crippen LogP contribution in [0.3, 0.4) is 0 Å². The maximum Gasteiger partial charge on any atom is 0.122 e. The molecule has 0 aliphatic heterocycles. The van der Waals surface area contributed by atoms with Crippen molar-refractivity contribution in [3.8, 4) is 5.75 Å². The van der Waals surface area contributed by atoms with Crippen LogP contribution in [0.5, 0.6) is 5.75 Å². The molecule has 0 N–H and O–H groups in total. The molecule has 0 aromatic heterocycles. The fourth-order valence-electron chi connectivity index (χ4n) is 1.45. The molecule has 2 nitrogen and oxygen atoms in total. The van der Waals surface area contributed by atoms with Gasteiger partial charge in [0.2, 0.25) is 0 Å². The summed E-state index contributed by atoms with van der Waals surface area (Å²) in [6.45, 7) is 4.76. The Morgan fingerprint density at radius 3 is 2.53 bits per heavy atom. The van der Waals surface area contributed by atoms with Crippen molar-refractivity contribution in [2.24, 2.45) is 0 Å². The Kier molecular flexibility index (Phi) is 4.48. The van der Waals surface area contributed by atoms with Crippen LogP contribution < -0.4 is 4.74 Å². The minimum Gasteiger partial charge on any atom is -0.494 e. The average molecular weight is 225 g/mol. The van der Waals surface area contributed by atoms with Gasteiger partial charge in [0.05, 0.1) is 12.0 Å². The van der Waals surface area contributed by atoms with E-state index in [1.165, 1.54) is 5.56 Å². The number of nitrogens with zero attached hydrogens (tertiary/aromatic N) is 1. The van der Waals surface area contributed by atoms with Gasteiger partial charge in [-0.25, -0.2) is 0 Å². The van der Waals surface area contributed by atoms with Gasteiger partial charge in [-0.05, 0) is 51.2 Å². The van der Waals surface area contributed by atoms with Gasteiger partial charge in [0, 0.05) is 0 Å². The zero-order chi connectivity index (χ0) is 11.4. The first-order valence-electron chi connectivity index (χ1n) is 5.14. The second kappa shape index (κ2) is 5.42. The van der Waals surface area contributed by atoms with E-state index < -0.39 is 0 Å². The molecule has 3 heteroatoms. The van der Waals surface area contributed by atoms with Crippen LogP contribution in [0.1, 0.15) is 23.4 Å². The third kappa shape index (κ3) is 3.14. The molecular formula is C12H19NOS. The summed E-state index contributed by atoms with van der Waals surface area (Å²) in [5.41, 5.74) is 2.36. The molecule has 0 aliphatic rings. The van der Waals surface area contributed by atoms with Crippen molar-refractivity contribution in [1.29, 1.82) is 0 Å². The number of hydrogen-bond donors (Lipinski definition) is 1. The van der Waals surface area contributed by atoms with Gasteiger partial charge in [-0.1, -0.05) is 6.07 Å². The molecule has 0 radical (unpaired) electrons. The van der Waals surface area contributed by atoms with Crippen molar-refractivity contribution in [2.45, 2.75) is 19.2 Å². The summed E-state index contributed by atoms with van der Waals surface area (Å²) in [6, 6.07) is 6.21. The first-order valence-corrected chi connectivity index (χ1v) is 5.65. The Bertz CT molecular complexity index is 325. The van der Waals surface area contributed by atoms with Crippen LogP contribution in [0, 0.1) is 6.92 Å². The second-order valence-corrected chi connectivity index (χ2v) is 4.28. The predicted molar refractivity (Wildman–Crippen MR) is 67.8 cm³/mol. The summed E-state index contributed by atoms with van der Waals surface area (Å²) < 4.78 is 5.49. The smallest absolute Gasteiger partial charge is 0.122 e. The number of ether oxygens (including phenoxy) is 1. The zero-order valence-electron chi connectivity index (χ0n) is 9.82. The lowest BCUT2D eigenvalue weighted by Gasteiger charge is -2.20. The standard InChI is InChI=1S/C12H19NOS/c1-5-14-11-7-6-10(8-9(11)2)12(15)13(3)4/h6-8,12,15H,5H2,1-4H3. The molecule has 0 saturated heterocycles.